The molecule has 0 saturated carbocycles. The molecule has 0 bridgehead atoms. The van der Waals surface area contributed by atoms with Gasteiger partial charge in [-0.25, -0.2) is 4.98 Å². The third kappa shape index (κ3) is 3.60. The number of aryl methyl sites for hydroxylation is 1. The van der Waals surface area contributed by atoms with Gasteiger partial charge >= 0.3 is 0 Å². The van der Waals surface area contributed by atoms with Crippen molar-refractivity contribution in [2.24, 2.45) is 5.41 Å². The predicted molar refractivity (Wildman–Crippen MR) is 113 cm³/mol. The number of aromatic nitrogens is 2. The fraction of sp³-hybridized carbons (Fsp3) is 0.455. The molecule has 0 radical (unpaired) electrons. The third-order valence-corrected chi connectivity index (χ3v) is 7.19. The molecule has 2 saturated heterocycles. The second-order valence-corrected chi connectivity index (χ2v) is 9.53. The number of para-hydroxylation sites is 1. The lowest BCUT2D eigenvalue weighted by Crippen LogP contribution is -2.44. The fourth-order valence-corrected chi connectivity index (χ4v) is 5.29. The summed E-state index contributed by atoms with van der Waals surface area (Å²) < 4.78 is 5.32. The molecule has 2 aliphatic heterocycles. The van der Waals surface area contributed by atoms with Crippen LogP contribution in [-0.4, -0.2) is 51.4 Å². The van der Waals surface area contributed by atoms with Crippen molar-refractivity contribution in [2.75, 3.05) is 19.6 Å². The van der Waals surface area contributed by atoms with E-state index in [0.717, 1.165) is 35.5 Å². The molecular formula is C22H24N4O3S. The largest absolute Gasteiger partial charge is 0.356 e. The topological polar surface area (TPSA) is 79.5 Å². The summed E-state index contributed by atoms with van der Waals surface area (Å²) in [5, 5.41) is 8.04. The normalized spacial score (nSPS) is 18.6. The number of thiazole rings is 1. The minimum absolute atomic E-state index is 0.0144. The van der Waals surface area contributed by atoms with E-state index >= 15 is 0 Å². The molecule has 2 aliphatic rings. The number of benzene rings is 1. The predicted octanol–water partition coefficient (Wildman–Crippen LogP) is 3.18. The van der Waals surface area contributed by atoms with E-state index in [1.165, 1.54) is 0 Å². The van der Waals surface area contributed by atoms with E-state index in [0.29, 0.717) is 37.3 Å². The molecule has 3 aromatic rings. The van der Waals surface area contributed by atoms with Crippen LogP contribution in [0.4, 0.5) is 0 Å². The van der Waals surface area contributed by atoms with Gasteiger partial charge in [0.2, 0.25) is 11.8 Å². The van der Waals surface area contributed by atoms with E-state index in [1.807, 2.05) is 46.4 Å². The summed E-state index contributed by atoms with van der Waals surface area (Å²) in [6.07, 6.45) is 2.54. The maximum Gasteiger partial charge on any atom is 0.228 e. The Morgan fingerprint density at radius 3 is 2.83 bits per heavy atom. The summed E-state index contributed by atoms with van der Waals surface area (Å²) in [5.74, 6) is 0.275. The van der Waals surface area contributed by atoms with Crippen LogP contribution < -0.4 is 0 Å². The molecule has 30 heavy (non-hydrogen) atoms. The fourth-order valence-electron chi connectivity index (χ4n) is 4.69. The van der Waals surface area contributed by atoms with Gasteiger partial charge in [-0.3, -0.25) is 9.59 Å². The number of hydrogen-bond acceptors (Lipinski definition) is 6. The van der Waals surface area contributed by atoms with Crippen LogP contribution in [0.3, 0.4) is 0 Å². The van der Waals surface area contributed by atoms with Gasteiger partial charge in [0, 0.05) is 42.2 Å². The van der Waals surface area contributed by atoms with Gasteiger partial charge < -0.3 is 14.3 Å². The SMILES string of the molecule is Cc1nc(CN2CC3(CCN(C(=O)Cc4noc5ccccc45)CC3)CC2=O)cs1. The van der Waals surface area contributed by atoms with Crippen LogP contribution in [0.1, 0.15) is 35.7 Å². The van der Waals surface area contributed by atoms with Crippen molar-refractivity contribution in [3.8, 4) is 0 Å². The molecule has 2 amide bonds. The summed E-state index contributed by atoms with van der Waals surface area (Å²) in [6, 6.07) is 7.61. The van der Waals surface area contributed by atoms with Crippen LogP contribution in [0.2, 0.25) is 0 Å². The Bertz CT molecular complexity index is 1100. The lowest BCUT2D eigenvalue weighted by atomic mass is 9.77. The lowest BCUT2D eigenvalue weighted by Gasteiger charge is -2.38. The molecule has 8 heteroatoms. The zero-order chi connectivity index (χ0) is 20.7. The second-order valence-electron chi connectivity index (χ2n) is 8.47. The highest BCUT2D eigenvalue weighted by atomic mass is 32.1. The van der Waals surface area contributed by atoms with Crippen molar-refractivity contribution < 1.29 is 14.1 Å². The molecule has 1 spiro atoms. The Balaban J connectivity index is 1.19. The molecular weight excluding hydrogens is 400 g/mol. The Labute approximate surface area is 178 Å². The van der Waals surface area contributed by atoms with Gasteiger partial charge in [-0.1, -0.05) is 17.3 Å². The second kappa shape index (κ2) is 7.50. The first-order valence-corrected chi connectivity index (χ1v) is 11.2. The number of hydrogen-bond donors (Lipinski definition) is 0. The molecule has 7 nitrogen and oxygen atoms in total. The summed E-state index contributed by atoms with van der Waals surface area (Å²) in [5.41, 5.74) is 2.35. The Morgan fingerprint density at radius 1 is 1.27 bits per heavy atom. The first-order valence-electron chi connectivity index (χ1n) is 10.3. The lowest BCUT2D eigenvalue weighted by molar-refractivity contribution is -0.132. The zero-order valence-electron chi connectivity index (χ0n) is 17.0. The first-order chi connectivity index (χ1) is 14.5. The van der Waals surface area contributed by atoms with E-state index in [-0.39, 0.29) is 23.7 Å². The summed E-state index contributed by atoms with van der Waals surface area (Å²) >= 11 is 1.62. The van der Waals surface area contributed by atoms with E-state index in [2.05, 4.69) is 10.1 Å². The van der Waals surface area contributed by atoms with Crippen LogP contribution >= 0.6 is 11.3 Å². The van der Waals surface area contributed by atoms with Gasteiger partial charge in [0.1, 0.15) is 5.69 Å². The van der Waals surface area contributed by atoms with Crippen molar-refractivity contribution in [3.63, 3.8) is 0 Å². The molecule has 2 fully saturated rings. The van der Waals surface area contributed by atoms with Gasteiger partial charge in [-0.05, 0) is 31.9 Å². The number of piperidine rings is 1. The summed E-state index contributed by atoms with van der Waals surface area (Å²) in [6.45, 7) is 4.71. The number of amides is 2. The van der Waals surface area contributed by atoms with Gasteiger partial charge in [0.15, 0.2) is 5.58 Å². The monoisotopic (exact) mass is 424 g/mol. The zero-order valence-corrected chi connectivity index (χ0v) is 17.8. The molecule has 0 atom stereocenters. The van der Waals surface area contributed by atoms with E-state index in [1.54, 1.807) is 11.3 Å². The van der Waals surface area contributed by atoms with E-state index in [9.17, 15) is 9.59 Å². The average molecular weight is 425 g/mol. The van der Waals surface area contributed by atoms with Crippen LogP contribution in [-0.2, 0) is 22.6 Å². The molecule has 4 heterocycles. The third-order valence-electron chi connectivity index (χ3n) is 6.37. The van der Waals surface area contributed by atoms with Crippen molar-refractivity contribution in [3.05, 3.63) is 46.0 Å². The van der Waals surface area contributed by atoms with Gasteiger partial charge in [0.25, 0.3) is 0 Å². The van der Waals surface area contributed by atoms with E-state index < -0.39 is 0 Å². The Kier molecular flexibility index (Phi) is 4.81. The molecule has 0 N–H and O–H groups in total. The van der Waals surface area contributed by atoms with Gasteiger partial charge in [-0.2, -0.15) is 0 Å². The highest BCUT2D eigenvalue weighted by Gasteiger charge is 2.45. The van der Waals surface area contributed by atoms with Gasteiger partial charge in [0.05, 0.1) is 23.7 Å². The minimum atomic E-state index is -0.0144. The van der Waals surface area contributed by atoms with Gasteiger partial charge in [-0.15, -0.1) is 11.3 Å². The van der Waals surface area contributed by atoms with Crippen molar-refractivity contribution >= 4 is 34.1 Å². The standard InChI is InChI=1S/C22H24N4O3S/c1-15-23-16(13-30-15)12-26-14-22(11-21(26)28)6-8-25(9-7-22)20(27)10-18-17-4-2-3-5-19(17)29-24-18/h2-5,13H,6-12,14H2,1H3. The quantitative estimate of drug-likeness (QED) is 0.643. The first kappa shape index (κ1) is 19.2. The highest BCUT2D eigenvalue weighted by Crippen LogP contribution is 2.41. The van der Waals surface area contributed by atoms with Crippen LogP contribution in [0, 0.1) is 12.3 Å². The maximum absolute atomic E-state index is 12.8. The van der Waals surface area contributed by atoms with Crippen LogP contribution in [0.5, 0.6) is 0 Å². The van der Waals surface area contributed by atoms with Crippen molar-refractivity contribution in [1.82, 2.24) is 19.9 Å². The molecule has 5 rings (SSSR count). The molecule has 156 valence electrons. The highest BCUT2D eigenvalue weighted by molar-refractivity contribution is 7.09. The van der Waals surface area contributed by atoms with Crippen LogP contribution in [0.15, 0.2) is 34.2 Å². The number of carbonyl (C=O) groups is 2. The number of carbonyl (C=O) groups excluding carboxylic acids is 2. The maximum atomic E-state index is 12.8. The molecule has 1 aromatic carbocycles. The smallest absolute Gasteiger partial charge is 0.228 e. The number of rotatable bonds is 4. The number of likely N-dealkylation sites (tertiary alicyclic amines) is 2. The molecule has 2 aromatic heterocycles. The minimum Gasteiger partial charge on any atom is -0.356 e. The van der Waals surface area contributed by atoms with Crippen molar-refractivity contribution in [2.45, 2.75) is 39.2 Å². The Morgan fingerprint density at radius 2 is 2.07 bits per heavy atom. The van der Waals surface area contributed by atoms with Crippen molar-refractivity contribution in [1.29, 1.82) is 0 Å². The van der Waals surface area contributed by atoms with E-state index in [4.69, 9.17) is 4.52 Å². The Hall–Kier alpha value is -2.74. The summed E-state index contributed by atoms with van der Waals surface area (Å²) in [4.78, 5) is 33.8. The van der Waals surface area contributed by atoms with Crippen LogP contribution in [0.25, 0.3) is 11.0 Å². The number of nitrogens with zero attached hydrogens (tertiary/aromatic N) is 4. The molecule has 0 aliphatic carbocycles. The average Bonchev–Trinajstić information content (AvgIpc) is 3.41. The number of fused-ring (bicyclic) bond motifs is 1. The summed E-state index contributed by atoms with van der Waals surface area (Å²) in [7, 11) is 0. The molecule has 0 unspecified atom stereocenters.